The molecule has 0 aromatic heterocycles. The van der Waals surface area contributed by atoms with Crippen LogP contribution in [0.2, 0.25) is 0 Å². The SMILES string of the molecule is CS(=O)(=O)Oc1ccc(C2=C(Cc3ccc(OCCN4CCCCC4)cc3)c3ccc(O)cc3C2)cc1. The van der Waals surface area contributed by atoms with Crippen molar-refractivity contribution >= 4 is 21.3 Å². The highest BCUT2D eigenvalue weighted by molar-refractivity contribution is 7.86. The van der Waals surface area contributed by atoms with Crippen molar-refractivity contribution in [1.29, 1.82) is 0 Å². The largest absolute Gasteiger partial charge is 0.508 e. The fourth-order valence-corrected chi connectivity index (χ4v) is 5.69. The number of phenols is 1. The van der Waals surface area contributed by atoms with Crippen molar-refractivity contribution in [3.63, 3.8) is 0 Å². The molecule has 0 unspecified atom stereocenters. The quantitative estimate of drug-likeness (QED) is 0.387. The lowest BCUT2D eigenvalue weighted by Gasteiger charge is -2.26. The maximum Gasteiger partial charge on any atom is 0.306 e. The number of phenolic OH excluding ortho intramolecular Hbond substituents is 1. The first-order chi connectivity index (χ1) is 17.8. The highest BCUT2D eigenvalue weighted by Crippen LogP contribution is 2.41. The van der Waals surface area contributed by atoms with E-state index in [1.54, 1.807) is 18.2 Å². The Bertz CT molecular complexity index is 1370. The van der Waals surface area contributed by atoms with Crippen molar-refractivity contribution in [1.82, 2.24) is 4.90 Å². The first-order valence-corrected chi connectivity index (χ1v) is 14.6. The Hall–Kier alpha value is -3.29. The van der Waals surface area contributed by atoms with Gasteiger partial charge in [0.1, 0.15) is 23.9 Å². The number of benzene rings is 3. The molecule has 5 rings (SSSR count). The molecule has 0 bridgehead atoms. The van der Waals surface area contributed by atoms with Gasteiger partial charge < -0.3 is 14.0 Å². The van der Waals surface area contributed by atoms with Gasteiger partial charge in [-0.05, 0) is 109 Å². The monoisotopic (exact) mass is 519 g/mol. The molecule has 3 aromatic rings. The van der Waals surface area contributed by atoms with Crippen LogP contribution in [0.15, 0.2) is 66.7 Å². The highest BCUT2D eigenvalue weighted by Gasteiger charge is 2.23. The number of piperidine rings is 1. The Balaban J connectivity index is 1.32. The van der Waals surface area contributed by atoms with E-state index in [0.29, 0.717) is 13.0 Å². The third kappa shape index (κ3) is 6.53. The minimum Gasteiger partial charge on any atom is -0.508 e. The van der Waals surface area contributed by atoms with Crippen molar-refractivity contribution in [3.05, 3.63) is 89.0 Å². The highest BCUT2D eigenvalue weighted by atomic mass is 32.2. The molecule has 1 aliphatic heterocycles. The zero-order chi connectivity index (χ0) is 25.8. The van der Waals surface area contributed by atoms with Gasteiger partial charge in [0.2, 0.25) is 0 Å². The van der Waals surface area contributed by atoms with Gasteiger partial charge >= 0.3 is 10.1 Å². The van der Waals surface area contributed by atoms with Crippen LogP contribution >= 0.6 is 0 Å². The zero-order valence-corrected chi connectivity index (χ0v) is 22.0. The number of aromatic hydroxyl groups is 1. The Morgan fingerprint density at radius 2 is 1.59 bits per heavy atom. The zero-order valence-electron chi connectivity index (χ0n) is 21.2. The molecule has 1 aliphatic carbocycles. The molecule has 3 aromatic carbocycles. The van der Waals surface area contributed by atoms with E-state index >= 15 is 0 Å². The van der Waals surface area contributed by atoms with Crippen LogP contribution in [0.25, 0.3) is 11.1 Å². The molecule has 37 heavy (non-hydrogen) atoms. The Morgan fingerprint density at radius 1 is 0.892 bits per heavy atom. The minimum atomic E-state index is -3.58. The van der Waals surface area contributed by atoms with Crippen LogP contribution in [-0.2, 0) is 23.0 Å². The van der Waals surface area contributed by atoms with Gasteiger partial charge in [-0.2, -0.15) is 8.42 Å². The Labute approximate surface area is 219 Å². The smallest absolute Gasteiger partial charge is 0.306 e. The summed E-state index contributed by atoms with van der Waals surface area (Å²) in [7, 11) is -3.58. The molecule has 0 atom stereocenters. The summed E-state index contributed by atoms with van der Waals surface area (Å²) >= 11 is 0. The summed E-state index contributed by atoms with van der Waals surface area (Å²) in [6.45, 7) is 4.01. The summed E-state index contributed by atoms with van der Waals surface area (Å²) in [6.07, 6.45) is 6.38. The number of likely N-dealkylation sites (tertiary alicyclic amines) is 1. The van der Waals surface area contributed by atoms with Gasteiger partial charge in [0.05, 0.1) is 6.26 Å². The average molecular weight is 520 g/mol. The average Bonchev–Trinajstić information content (AvgIpc) is 3.22. The number of hydrogen-bond donors (Lipinski definition) is 1. The molecule has 6 nitrogen and oxygen atoms in total. The van der Waals surface area contributed by atoms with E-state index in [9.17, 15) is 13.5 Å². The van der Waals surface area contributed by atoms with E-state index in [4.69, 9.17) is 8.92 Å². The maximum absolute atomic E-state index is 11.5. The van der Waals surface area contributed by atoms with E-state index in [1.165, 1.54) is 43.5 Å². The fourth-order valence-electron chi connectivity index (χ4n) is 5.23. The number of ether oxygens (including phenoxy) is 1. The second-order valence-corrected chi connectivity index (χ2v) is 11.4. The molecule has 0 saturated carbocycles. The predicted octanol–water partition coefficient (Wildman–Crippen LogP) is 5.30. The van der Waals surface area contributed by atoms with Crippen LogP contribution in [0.3, 0.4) is 0 Å². The topological polar surface area (TPSA) is 76.1 Å². The number of nitrogens with zero attached hydrogens (tertiary/aromatic N) is 1. The van der Waals surface area contributed by atoms with Gasteiger partial charge in [0.15, 0.2) is 0 Å². The molecule has 0 amide bonds. The first kappa shape index (κ1) is 25.4. The lowest BCUT2D eigenvalue weighted by atomic mass is 9.95. The Morgan fingerprint density at radius 3 is 2.30 bits per heavy atom. The van der Waals surface area contributed by atoms with Crippen molar-refractivity contribution in [2.24, 2.45) is 0 Å². The van der Waals surface area contributed by atoms with Crippen LogP contribution in [-0.4, -0.2) is 50.9 Å². The normalized spacial score (nSPS) is 16.0. The summed E-state index contributed by atoms with van der Waals surface area (Å²) in [5.74, 6) is 1.42. The van der Waals surface area contributed by atoms with Gasteiger partial charge in [0, 0.05) is 6.54 Å². The second kappa shape index (κ2) is 11.0. The molecule has 0 radical (unpaired) electrons. The predicted molar refractivity (Wildman–Crippen MR) is 146 cm³/mol. The molecular weight excluding hydrogens is 486 g/mol. The van der Waals surface area contributed by atoms with Crippen molar-refractivity contribution < 1.29 is 22.4 Å². The van der Waals surface area contributed by atoms with Gasteiger partial charge in [-0.25, -0.2) is 0 Å². The maximum atomic E-state index is 11.5. The van der Waals surface area contributed by atoms with E-state index in [-0.39, 0.29) is 11.5 Å². The number of fused-ring (bicyclic) bond motifs is 1. The third-order valence-electron chi connectivity index (χ3n) is 7.03. The van der Waals surface area contributed by atoms with Crippen molar-refractivity contribution in [3.8, 4) is 17.2 Å². The van der Waals surface area contributed by atoms with Crippen LogP contribution in [0, 0.1) is 0 Å². The first-order valence-electron chi connectivity index (χ1n) is 12.8. The van der Waals surface area contributed by atoms with Gasteiger partial charge in [-0.3, -0.25) is 4.90 Å². The van der Waals surface area contributed by atoms with Gasteiger partial charge in [-0.15, -0.1) is 0 Å². The van der Waals surface area contributed by atoms with E-state index in [2.05, 4.69) is 17.0 Å². The van der Waals surface area contributed by atoms with Crippen molar-refractivity contribution in [2.45, 2.75) is 32.1 Å². The summed E-state index contributed by atoms with van der Waals surface area (Å²) in [5, 5.41) is 10.0. The van der Waals surface area contributed by atoms with Crippen LogP contribution < -0.4 is 8.92 Å². The standard InChI is InChI=1S/C30H33NO5S/c1-37(33,34)36-27-12-7-23(8-13-27)29-21-24-20-25(32)9-14-28(24)30(29)19-22-5-10-26(11-6-22)35-18-17-31-15-3-2-4-16-31/h5-14,20,32H,2-4,15-19,21H2,1H3. The molecule has 0 spiro atoms. The van der Waals surface area contributed by atoms with E-state index < -0.39 is 10.1 Å². The van der Waals surface area contributed by atoms with Crippen LogP contribution in [0.5, 0.6) is 17.2 Å². The molecule has 2 aliphatic rings. The molecular formula is C30H33NO5S. The number of rotatable bonds is 9. The molecule has 1 N–H and O–H groups in total. The molecule has 1 fully saturated rings. The molecule has 1 heterocycles. The van der Waals surface area contributed by atoms with Crippen LogP contribution in [0.4, 0.5) is 0 Å². The summed E-state index contributed by atoms with van der Waals surface area (Å²) in [6, 6.07) is 21.0. The fraction of sp³-hybridized carbons (Fsp3) is 0.333. The Kier molecular flexibility index (Phi) is 7.53. The lowest BCUT2D eigenvalue weighted by molar-refractivity contribution is 0.183. The van der Waals surface area contributed by atoms with Crippen LogP contribution in [0.1, 0.15) is 41.5 Å². The molecule has 194 valence electrons. The van der Waals surface area contributed by atoms with Crippen molar-refractivity contribution in [2.75, 3.05) is 32.5 Å². The third-order valence-corrected chi connectivity index (χ3v) is 7.52. The molecule has 7 heteroatoms. The lowest BCUT2D eigenvalue weighted by Crippen LogP contribution is -2.33. The number of allylic oxidation sites excluding steroid dienone is 2. The summed E-state index contributed by atoms with van der Waals surface area (Å²) in [4.78, 5) is 2.47. The second-order valence-electron chi connectivity index (χ2n) is 9.86. The minimum absolute atomic E-state index is 0.252. The summed E-state index contributed by atoms with van der Waals surface area (Å²) < 4.78 is 33.9. The van der Waals surface area contributed by atoms with E-state index in [0.717, 1.165) is 47.2 Å². The molecule has 1 saturated heterocycles. The number of hydrogen-bond acceptors (Lipinski definition) is 6. The summed E-state index contributed by atoms with van der Waals surface area (Å²) in [5.41, 5.74) is 6.75. The van der Waals surface area contributed by atoms with E-state index in [1.807, 2.05) is 36.4 Å². The van der Waals surface area contributed by atoms with Gasteiger partial charge in [0.25, 0.3) is 0 Å². The van der Waals surface area contributed by atoms with Gasteiger partial charge in [-0.1, -0.05) is 36.8 Å².